The Labute approximate surface area is 153 Å². The zero-order valence-electron chi connectivity index (χ0n) is 14.0. The van der Waals surface area contributed by atoms with Crippen molar-refractivity contribution in [3.8, 4) is 5.75 Å². The molecule has 1 fully saturated rings. The van der Waals surface area contributed by atoms with Crippen molar-refractivity contribution >= 4 is 18.3 Å². The summed E-state index contributed by atoms with van der Waals surface area (Å²) in [7, 11) is 1.42. The van der Waals surface area contributed by atoms with Crippen LogP contribution >= 0.6 is 12.4 Å². The number of benzene rings is 2. The molecule has 6 heteroatoms. The van der Waals surface area contributed by atoms with Gasteiger partial charge in [-0.3, -0.25) is 4.79 Å². The summed E-state index contributed by atoms with van der Waals surface area (Å²) >= 11 is 0. The first-order valence-corrected chi connectivity index (χ1v) is 7.99. The minimum atomic E-state index is -0.455. The average molecular weight is 365 g/mol. The van der Waals surface area contributed by atoms with Gasteiger partial charge in [0.15, 0.2) is 11.6 Å². The molecule has 0 radical (unpaired) electrons. The maximum absolute atomic E-state index is 13.8. The third-order valence-electron chi connectivity index (χ3n) is 4.52. The Kier molecular flexibility index (Phi) is 6.39. The van der Waals surface area contributed by atoms with Crippen molar-refractivity contribution in [2.24, 2.45) is 5.73 Å². The number of carbonyl (C=O) groups excluding carboxylic acids is 1. The second-order valence-electron chi connectivity index (χ2n) is 6.13. The number of ether oxygens (including phenoxy) is 1. The molecule has 134 valence electrons. The number of nitrogens with two attached hydrogens (primary N) is 1. The van der Waals surface area contributed by atoms with Gasteiger partial charge in [0.25, 0.3) is 0 Å². The van der Waals surface area contributed by atoms with E-state index in [1.165, 1.54) is 13.2 Å². The first-order valence-electron chi connectivity index (χ1n) is 7.99. The number of amides is 1. The van der Waals surface area contributed by atoms with E-state index in [-0.39, 0.29) is 42.4 Å². The first kappa shape index (κ1) is 19.2. The molecule has 25 heavy (non-hydrogen) atoms. The molecule has 1 aliphatic heterocycles. The van der Waals surface area contributed by atoms with Gasteiger partial charge >= 0.3 is 0 Å². The Morgan fingerprint density at radius 3 is 2.60 bits per heavy atom. The summed E-state index contributed by atoms with van der Waals surface area (Å²) in [5.41, 5.74) is 8.01. The van der Waals surface area contributed by atoms with E-state index < -0.39 is 5.82 Å². The van der Waals surface area contributed by atoms with Crippen LogP contribution < -0.4 is 10.5 Å². The molecule has 1 amide bonds. The monoisotopic (exact) mass is 364 g/mol. The number of carbonyl (C=O) groups is 1. The Balaban J connectivity index is 0.00000225. The van der Waals surface area contributed by atoms with E-state index in [4.69, 9.17) is 10.5 Å². The van der Waals surface area contributed by atoms with Crippen molar-refractivity contribution in [2.75, 3.05) is 20.2 Å². The lowest BCUT2D eigenvalue weighted by Crippen LogP contribution is -2.33. The topological polar surface area (TPSA) is 55.6 Å². The molecule has 4 nitrogen and oxygen atoms in total. The molecular weight excluding hydrogens is 343 g/mol. The second kappa shape index (κ2) is 8.32. The molecule has 1 aliphatic rings. The molecule has 2 aromatic rings. The van der Waals surface area contributed by atoms with Gasteiger partial charge in [-0.2, -0.15) is 0 Å². The average Bonchev–Trinajstić information content (AvgIpc) is 2.98. The number of hydrogen-bond acceptors (Lipinski definition) is 3. The van der Waals surface area contributed by atoms with Gasteiger partial charge in [-0.05, 0) is 23.3 Å². The summed E-state index contributed by atoms with van der Waals surface area (Å²) < 4.78 is 18.6. The number of likely N-dealkylation sites (tertiary alicyclic amines) is 1. The van der Waals surface area contributed by atoms with Crippen molar-refractivity contribution in [2.45, 2.75) is 18.4 Å². The Bertz CT molecular complexity index is 727. The van der Waals surface area contributed by atoms with E-state index in [0.29, 0.717) is 18.7 Å². The van der Waals surface area contributed by atoms with Gasteiger partial charge in [0.05, 0.1) is 13.5 Å². The van der Waals surface area contributed by atoms with Gasteiger partial charge in [-0.1, -0.05) is 36.4 Å². The summed E-state index contributed by atoms with van der Waals surface area (Å²) in [6.07, 6.45) is 0.162. The lowest BCUT2D eigenvalue weighted by Gasteiger charge is -2.17. The molecule has 0 aromatic heterocycles. The van der Waals surface area contributed by atoms with Gasteiger partial charge in [-0.15, -0.1) is 12.4 Å². The van der Waals surface area contributed by atoms with Crippen molar-refractivity contribution < 1.29 is 13.9 Å². The third-order valence-corrected chi connectivity index (χ3v) is 4.52. The summed E-state index contributed by atoms with van der Waals surface area (Å²) in [5.74, 6) is -0.169. The normalized spacial score (nSPS) is 19.4. The van der Waals surface area contributed by atoms with Crippen molar-refractivity contribution in [3.63, 3.8) is 0 Å². The Hall–Kier alpha value is -2.11. The predicted molar refractivity (Wildman–Crippen MR) is 97.6 cm³/mol. The fourth-order valence-corrected chi connectivity index (χ4v) is 3.19. The van der Waals surface area contributed by atoms with Crippen LogP contribution in [0.3, 0.4) is 0 Å². The largest absolute Gasteiger partial charge is 0.494 e. The van der Waals surface area contributed by atoms with Gasteiger partial charge < -0.3 is 15.4 Å². The molecule has 0 aliphatic carbocycles. The number of hydrogen-bond donors (Lipinski definition) is 1. The van der Waals surface area contributed by atoms with Crippen LogP contribution in [0.4, 0.5) is 4.39 Å². The van der Waals surface area contributed by atoms with Crippen LogP contribution in [-0.4, -0.2) is 37.0 Å². The standard InChI is InChI=1S/C19H21FN2O2.ClH/c1-24-18-8-7-13(9-16(18)20)10-19(23)22-11-15(17(21)12-22)14-5-3-2-4-6-14;/h2-9,15,17H,10-12,21H2,1H3;1H/t15-,17+;/m0./s1. The number of halogens is 2. The van der Waals surface area contributed by atoms with Crippen LogP contribution in [0.15, 0.2) is 48.5 Å². The minimum Gasteiger partial charge on any atom is -0.494 e. The van der Waals surface area contributed by atoms with E-state index in [1.807, 2.05) is 30.3 Å². The maximum atomic E-state index is 13.8. The predicted octanol–water partition coefficient (Wildman–Crippen LogP) is 2.75. The highest BCUT2D eigenvalue weighted by Crippen LogP contribution is 2.27. The van der Waals surface area contributed by atoms with Gasteiger partial charge in [0.2, 0.25) is 5.91 Å². The van der Waals surface area contributed by atoms with E-state index in [2.05, 4.69) is 0 Å². The Morgan fingerprint density at radius 1 is 1.24 bits per heavy atom. The van der Waals surface area contributed by atoms with E-state index in [0.717, 1.165) is 5.56 Å². The summed E-state index contributed by atoms with van der Waals surface area (Å²) in [6, 6.07) is 14.5. The lowest BCUT2D eigenvalue weighted by atomic mass is 9.95. The zero-order chi connectivity index (χ0) is 17.1. The number of nitrogens with zero attached hydrogens (tertiary/aromatic N) is 1. The van der Waals surface area contributed by atoms with Crippen LogP contribution in [0.1, 0.15) is 17.0 Å². The second-order valence-corrected chi connectivity index (χ2v) is 6.13. The highest BCUT2D eigenvalue weighted by Gasteiger charge is 2.33. The first-order chi connectivity index (χ1) is 11.6. The smallest absolute Gasteiger partial charge is 0.227 e. The molecule has 0 spiro atoms. The van der Waals surface area contributed by atoms with Crippen molar-refractivity contribution in [1.82, 2.24) is 4.90 Å². The molecule has 1 saturated heterocycles. The van der Waals surface area contributed by atoms with E-state index in [9.17, 15) is 9.18 Å². The van der Waals surface area contributed by atoms with Gasteiger partial charge in [0.1, 0.15) is 0 Å². The number of rotatable bonds is 4. The molecule has 0 saturated carbocycles. The molecule has 0 unspecified atom stereocenters. The van der Waals surface area contributed by atoms with Gasteiger partial charge in [-0.25, -0.2) is 4.39 Å². The molecule has 1 heterocycles. The van der Waals surface area contributed by atoms with E-state index >= 15 is 0 Å². The fourth-order valence-electron chi connectivity index (χ4n) is 3.19. The summed E-state index contributed by atoms with van der Waals surface area (Å²) in [4.78, 5) is 14.3. The summed E-state index contributed by atoms with van der Waals surface area (Å²) in [6.45, 7) is 1.12. The molecule has 2 aromatic carbocycles. The summed E-state index contributed by atoms with van der Waals surface area (Å²) in [5, 5.41) is 0. The molecule has 2 N–H and O–H groups in total. The SMILES string of the molecule is COc1ccc(CC(=O)N2C[C@@H](N)[C@H](c3ccccc3)C2)cc1F.Cl. The highest BCUT2D eigenvalue weighted by molar-refractivity contribution is 5.85. The van der Waals surface area contributed by atoms with Crippen LogP contribution in [0.2, 0.25) is 0 Å². The van der Waals surface area contributed by atoms with Crippen LogP contribution in [-0.2, 0) is 11.2 Å². The van der Waals surface area contributed by atoms with Gasteiger partial charge in [0, 0.05) is 25.0 Å². The molecule has 0 bridgehead atoms. The lowest BCUT2D eigenvalue weighted by molar-refractivity contribution is -0.129. The zero-order valence-corrected chi connectivity index (χ0v) is 14.8. The maximum Gasteiger partial charge on any atom is 0.227 e. The quantitative estimate of drug-likeness (QED) is 0.907. The Morgan fingerprint density at radius 2 is 1.96 bits per heavy atom. The minimum absolute atomic E-state index is 0. The highest BCUT2D eigenvalue weighted by atomic mass is 35.5. The molecule has 2 atom stereocenters. The number of methoxy groups -OCH3 is 1. The van der Waals surface area contributed by atoms with Crippen LogP contribution in [0.25, 0.3) is 0 Å². The van der Waals surface area contributed by atoms with Crippen molar-refractivity contribution in [3.05, 3.63) is 65.5 Å². The van der Waals surface area contributed by atoms with E-state index in [1.54, 1.807) is 17.0 Å². The fraction of sp³-hybridized carbons (Fsp3) is 0.316. The van der Waals surface area contributed by atoms with Crippen LogP contribution in [0, 0.1) is 5.82 Å². The molecular formula is C19H22ClFN2O2. The third kappa shape index (κ3) is 4.30. The van der Waals surface area contributed by atoms with Crippen molar-refractivity contribution in [1.29, 1.82) is 0 Å². The van der Waals surface area contributed by atoms with Crippen LogP contribution in [0.5, 0.6) is 5.75 Å². The molecule has 3 rings (SSSR count).